The first-order valence-corrected chi connectivity index (χ1v) is 7.25. The molecule has 1 unspecified atom stereocenters. The average molecular weight is 348 g/mol. The molecule has 1 amide bonds. The molecule has 0 aromatic heterocycles. The number of amides is 1. The number of hydrogen-bond donors (Lipinski definition) is 2. The normalized spacial score (nSPS) is 17.8. The fourth-order valence-corrected chi connectivity index (χ4v) is 2.45. The Balaban J connectivity index is 0.00000180. The fraction of sp³-hybridized carbons (Fsp3) is 0.500. The second kappa shape index (κ2) is 8.56. The molecular formula is C14H20BrClN2O. The third kappa shape index (κ3) is 5.93. The Morgan fingerprint density at radius 2 is 2.11 bits per heavy atom. The van der Waals surface area contributed by atoms with Crippen LogP contribution in [-0.2, 0) is 11.3 Å². The molecule has 0 radical (unpaired) electrons. The smallest absolute Gasteiger partial charge is 0.220 e. The molecular weight excluding hydrogens is 328 g/mol. The van der Waals surface area contributed by atoms with Gasteiger partial charge in [-0.1, -0.05) is 28.1 Å². The van der Waals surface area contributed by atoms with E-state index in [1.807, 2.05) is 24.3 Å². The highest BCUT2D eigenvalue weighted by molar-refractivity contribution is 9.10. The van der Waals surface area contributed by atoms with E-state index in [4.69, 9.17) is 0 Å². The van der Waals surface area contributed by atoms with Crippen LogP contribution in [0, 0.1) is 5.92 Å². The number of carbonyl (C=O) groups excluding carboxylic acids is 1. The van der Waals surface area contributed by atoms with Gasteiger partial charge in [-0.05, 0) is 49.5 Å². The summed E-state index contributed by atoms with van der Waals surface area (Å²) in [7, 11) is 0. The van der Waals surface area contributed by atoms with E-state index in [-0.39, 0.29) is 18.3 Å². The van der Waals surface area contributed by atoms with E-state index in [0.29, 0.717) is 18.9 Å². The number of nitrogens with one attached hydrogen (secondary N) is 2. The summed E-state index contributed by atoms with van der Waals surface area (Å²) >= 11 is 3.39. The number of halogens is 2. The van der Waals surface area contributed by atoms with E-state index in [2.05, 4.69) is 26.6 Å². The molecule has 1 aliphatic heterocycles. The monoisotopic (exact) mass is 346 g/mol. The molecule has 1 fully saturated rings. The number of benzene rings is 1. The second-order valence-electron chi connectivity index (χ2n) is 4.80. The Bertz CT molecular complexity index is 391. The van der Waals surface area contributed by atoms with Crippen molar-refractivity contribution in [3.05, 3.63) is 34.3 Å². The minimum absolute atomic E-state index is 0. The molecule has 2 rings (SSSR count). The van der Waals surface area contributed by atoms with Crippen LogP contribution in [0.4, 0.5) is 0 Å². The van der Waals surface area contributed by atoms with E-state index >= 15 is 0 Å². The van der Waals surface area contributed by atoms with Crippen LogP contribution in [-0.4, -0.2) is 19.0 Å². The van der Waals surface area contributed by atoms with Gasteiger partial charge >= 0.3 is 0 Å². The molecule has 1 aromatic carbocycles. The topological polar surface area (TPSA) is 41.1 Å². The van der Waals surface area contributed by atoms with Crippen molar-refractivity contribution in [2.45, 2.75) is 25.8 Å². The van der Waals surface area contributed by atoms with Gasteiger partial charge in [0.2, 0.25) is 5.91 Å². The highest BCUT2D eigenvalue weighted by Crippen LogP contribution is 2.14. The summed E-state index contributed by atoms with van der Waals surface area (Å²) in [6.07, 6.45) is 2.85. The van der Waals surface area contributed by atoms with Crippen LogP contribution in [0.2, 0.25) is 0 Å². The van der Waals surface area contributed by atoms with Crippen molar-refractivity contribution in [1.82, 2.24) is 10.6 Å². The fourth-order valence-electron chi connectivity index (χ4n) is 2.19. The predicted octanol–water partition coefficient (Wildman–Crippen LogP) is 2.88. The van der Waals surface area contributed by atoms with Crippen LogP contribution in [0.1, 0.15) is 24.8 Å². The maximum Gasteiger partial charge on any atom is 0.220 e. The summed E-state index contributed by atoms with van der Waals surface area (Å²) in [6.45, 7) is 2.79. The van der Waals surface area contributed by atoms with Gasteiger partial charge in [-0.3, -0.25) is 4.79 Å². The lowest BCUT2D eigenvalue weighted by atomic mass is 10.0. The number of hydrogen-bond acceptors (Lipinski definition) is 2. The molecule has 19 heavy (non-hydrogen) atoms. The molecule has 5 heteroatoms. The maximum atomic E-state index is 11.7. The molecule has 2 N–H and O–H groups in total. The van der Waals surface area contributed by atoms with Crippen LogP contribution in [0.15, 0.2) is 28.7 Å². The van der Waals surface area contributed by atoms with Gasteiger partial charge in [-0.15, -0.1) is 12.4 Å². The quantitative estimate of drug-likeness (QED) is 0.860. The van der Waals surface area contributed by atoms with Gasteiger partial charge < -0.3 is 10.6 Å². The molecule has 0 saturated carbocycles. The predicted molar refractivity (Wildman–Crippen MR) is 83.4 cm³/mol. The molecule has 0 spiro atoms. The molecule has 1 heterocycles. The Kier molecular flexibility index (Phi) is 7.42. The largest absolute Gasteiger partial charge is 0.352 e. The molecule has 1 aromatic rings. The van der Waals surface area contributed by atoms with Crippen LogP contribution < -0.4 is 10.6 Å². The third-order valence-corrected chi connectivity index (χ3v) is 3.87. The summed E-state index contributed by atoms with van der Waals surface area (Å²) in [5, 5.41) is 6.29. The van der Waals surface area contributed by atoms with E-state index in [1.54, 1.807) is 0 Å². The summed E-state index contributed by atoms with van der Waals surface area (Å²) < 4.78 is 1.06. The zero-order valence-electron chi connectivity index (χ0n) is 10.8. The lowest BCUT2D eigenvalue weighted by Crippen LogP contribution is -2.23. The van der Waals surface area contributed by atoms with Crippen molar-refractivity contribution < 1.29 is 4.79 Å². The summed E-state index contributed by atoms with van der Waals surface area (Å²) in [5.41, 5.74) is 1.13. The third-order valence-electron chi connectivity index (χ3n) is 3.34. The van der Waals surface area contributed by atoms with Crippen molar-refractivity contribution in [3.63, 3.8) is 0 Å². The molecule has 1 saturated heterocycles. The summed E-state index contributed by atoms with van der Waals surface area (Å²) in [4.78, 5) is 11.7. The molecule has 106 valence electrons. The van der Waals surface area contributed by atoms with Crippen molar-refractivity contribution >= 4 is 34.2 Å². The highest BCUT2D eigenvalue weighted by atomic mass is 79.9. The molecule has 1 aliphatic rings. The van der Waals surface area contributed by atoms with Crippen LogP contribution in [0.25, 0.3) is 0 Å². The van der Waals surface area contributed by atoms with Crippen molar-refractivity contribution in [2.24, 2.45) is 5.92 Å². The Hall–Kier alpha value is -0.580. The van der Waals surface area contributed by atoms with Gasteiger partial charge in [0.05, 0.1) is 0 Å². The van der Waals surface area contributed by atoms with Gasteiger partial charge in [0.25, 0.3) is 0 Å². The summed E-state index contributed by atoms with van der Waals surface area (Å²) in [5.74, 6) is 0.841. The van der Waals surface area contributed by atoms with Crippen molar-refractivity contribution in [2.75, 3.05) is 13.1 Å². The van der Waals surface area contributed by atoms with Gasteiger partial charge in [0, 0.05) is 17.4 Å². The molecule has 1 atom stereocenters. The van der Waals surface area contributed by atoms with Crippen LogP contribution in [0.5, 0.6) is 0 Å². The Labute approximate surface area is 129 Å². The lowest BCUT2D eigenvalue weighted by molar-refractivity contribution is -0.121. The SMILES string of the molecule is Cl.O=C(CCC1CCNC1)NCc1ccc(Br)cc1. The molecule has 0 aliphatic carbocycles. The first kappa shape index (κ1) is 16.5. The zero-order chi connectivity index (χ0) is 12.8. The average Bonchev–Trinajstić information content (AvgIpc) is 2.89. The van der Waals surface area contributed by atoms with E-state index in [9.17, 15) is 4.79 Å². The van der Waals surface area contributed by atoms with Gasteiger partial charge in [0.1, 0.15) is 0 Å². The van der Waals surface area contributed by atoms with Crippen LogP contribution in [0.3, 0.4) is 0 Å². The van der Waals surface area contributed by atoms with E-state index in [1.165, 1.54) is 6.42 Å². The second-order valence-corrected chi connectivity index (χ2v) is 5.72. The lowest BCUT2D eigenvalue weighted by Gasteiger charge is -2.08. The Morgan fingerprint density at radius 3 is 2.74 bits per heavy atom. The van der Waals surface area contributed by atoms with Gasteiger partial charge in [0.15, 0.2) is 0 Å². The van der Waals surface area contributed by atoms with Gasteiger partial charge in [-0.2, -0.15) is 0 Å². The van der Waals surface area contributed by atoms with Crippen molar-refractivity contribution in [3.8, 4) is 0 Å². The molecule has 3 nitrogen and oxygen atoms in total. The standard InChI is InChI=1S/C14H19BrN2O.ClH/c15-13-4-1-11(2-5-13)10-17-14(18)6-3-12-7-8-16-9-12;/h1-2,4-5,12,16H,3,6-10H2,(H,17,18);1H. The van der Waals surface area contributed by atoms with Gasteiger partial charge in [-0.25, -0.2) is 0 Å². The zero-order valence-corrected chi connectivity index (χ0v) is 13.2. The first-order valence-electron chi connectivity index (χ1n) is 6.46. The Morgan fingerprint density at radius 1 is 1.37 bits per heavy atom. The first-order chi connectivity index (χ1) is 8.74. The van der Waals surface area contributed by atoms with E-state index in [0.717, 1.165) is 29.5 Å². The van der Waals surface area contributed by atoms with Crippen molar-refractivity contribution in [1.29, 1.82) is 0 Å². The minimum Gasteiger partial charge on any atom is -0.352 e. The minimum atomic E-state index is 0. The molecule has 0 bridgehead atoms. The number of rotatable bonds is 5. The summed E-state index contributed by atoms with van der Waals surface area (Å²) in [6, 6.07) is 8.02. The van der Waals surface area contributed by atoms with Crippen LogP contribution >= 0.6 is 28.3 Å². The maximum absolute atomic E-state index is 11.7. The van der Waals surface area contributed by atoms with E-state index < -0.39 is 0 Å². The highest BCUT2D eigenvalue weighted by Gasteiger charge is 2.15. The number of carbonyl (C=O) groups is 1.